The number of imidazole rings is 1. The summed E-state index contributed by atoms with van der Waals surface area (Å²) in [7, 11) is 0. The van der Waals surface area contributed by atoms with E-state index in [-0.39, 0.29) is 5.65 Å². The Hall–Kier alpha value is -2.90. The van der Waals surface area contributed by atoms with Gasteiger partial charge in [0, 0.05) is 10.9 Å². The van der Waals surface area contributed by atoms with E-state index < -0.39 is 12.0 Å². The van der Waals surface area contributed by atoms with E-state index in [0.29, 0.717) is 16.8 Å². The minimum Gasteiger partial charge on any atom is -0.333 e. The van der Waals surface area contributed by atoms with Crippen LogP contribution in [0.1, 0.15) is 11.4 Å². The van der Waals surface area contributed by atoms with Gasteiger partial charge in [-0.25, -0.2) is 9.97 Å². The van der Waals surface area contributed by atoms with Crippen LogP contribution in [0.5, 0.6) is 0 Å². The topological polar surface area (TPSA) is 70.2 Å². The fraction of sp³-hybridized carbons (Fsp3) is 0.133. The van der Waals surface area contributed by atoms with Gasteiger partial charge in [0.15, 0.2) is 5.65 Å². The fourth-order valence-electron chi connectivity index (χ4n) is 2.53. The Kier molecular flexibility index (Phi) is 2.72. The normalized spacial score (nSPS) is 12.3. The summed E-state index contributed by atoms with van der Waals surface area (Å²) in [5.41, 5.74) is 3.25. The van der Waals surface area contributed by atoms with Crippen molar-refractivity contribution >= 4 is 22.1 Å². The van der Waals surface area contributed by atoms with Crippen LogP contribution in [-0.2, 0) is 6.18 Å². The lowest BCUT2D eigenvalue weighted by atomic mass is 10.1. The molecule has 0 unspecified atom stereocenters. The average molecular weight is 317 g/mol. The number of benzene rings is 1. The molecule has 116 valence electrons. The summed E-state index contributed by atoms with van der Waals surface area (Å²) in [5, 5.41) is 7.70. The lowest BCUT2D eigenvalue weighted by Crippen LogP contribution is -2.06. The third-order valence-corrected chi connectivity index (χ3v) is 3.66. The second-order valence-corrected chi connectivity index (χ2v) is 5.28. The standard InChI is InChI=1S/C15H10F3N5/c1-7-4-11(8-2-3-10-9(5-8)6-19-23-10)20-13-12(7)21-14(22-13)15(16,17)18/h2-6H,1H3,(H,19,23)(H,20,21,22). The van der Waals surface area contributed by atoms with Crippen molar-refractivity contribution in [3.05, 3.63) is 41.9 Å². The molecule has 0 fully saturated rings. The van der Waals surface area contributed by atoms with Gasteiger partial charge in [-0.3, -0.25) is 5.10 Å². The molecule has 0 aliphatic carbocycles. The van der Waals surface area contributed by atoms with Gasteiger partial charge in [0.25, 0.3) is 0 Å². The van der Waals surface area contributed by atoms with Gasteiger partial charge in [0.1, 0.15) is 0 Å². The molecule has 0 saturated carbocycles. The van der Waals surface area contributed by atoms with Crippen molar-refractivity contribution in [1.82, 2.24) is 25.1 Å². The maximum atomic E-state index is 12.8. The van der Waals surface area contributed by atoms with Crippen molar-refractivity contribution in [2.45, 2.75) is 13.1 Å². The van der Waals surface area contributed by atoms with Crippen LogP contribution in [0.4, 0.5) is 13.2 Å². The second-order valence-electron chi connectivity index (χ2n) is 5.28. The largest absolute Gasteiger partial charge is 0.449 e. The fourth-order valence-corrected chi connectivity index (χ4v) is 2.53. The lowest BCUT2D eigenvalue weighted by molar-refractivity contribution is -0.144. The van der Waals surface area contributed by atoms with E-state index >= 15 is 0 Å². The number of fused-ring (bicyclic) bond motifs is 2. The second kappa shape index (κ2) is 4.55. The van der Waals surface area contributed by atoms with E-state index in [1.807, 2.05) is 18.2 Å². The van der Waals surface area contributed by atoms with Crippen molar-refractivity contribution < 1.29 is 13.2 Å². The molecule has 5 nitrogen and oxygen atoms in total. The highest BCUT2D eigenvalue weighted by molar-refractivity contribution is 5.85. The summed E-state index contributed by atoms with van der Waals surface area (Å²) >= 11 is 0. The molecule has 4 aromatic rings. The number of aryl methyl sites for hydroxylation is 1. The number of rotatable bonds is 1. The third-order valence-electron chi connectivity index (χ3n) is 3.66. The van der Waals surface area contributed by atoms with E-state index in [2.05, 4.69) is 25.1 Å². The molecular weight excluding hydrogens is 307 g/mol. The van der Waals surface area contributed by atoms with Gasteiger partial charge in [-0.1, -0.05) is 6.07 Å². The minimum atomic E-state index is -4.52. The first-order chi connectivity index (χ1) is 10.9. The van der Waals surface area contributed by atoms with Crippen molar-refractivity contribution in [1.29, 1.82) is 0 Å². The van der Waals surface area contributed by atoms with Crippen LogP contribution in [-0.4, -0.2) is 25.1 Å². The molecule has 2 N–H and O–H groups in total. The van der Waals surface area contributed by atoms with Crippen LogP contribution < -0.4 is 0 Å². The van der Waals surface area contributed by atoms with Gasteiger partial charge in [0.05, 0.1) is 22.9 Å². The van der Waals surface area contributed by atoms with E-state index in [0.717, 1.165) is 16.5 Å². The number of nitrogens with zero attached hydrogens (tertiary/aromatic N) is 3. The maximum absolute atomic E-state index is 12.8. The van der Waals surface area contributed by atoms with Gasteiger partial charge >= 0.3 is 6.18 Å². The number of H-pyrrole nitrogens is 2. The average Bonchev–Trinajstić information content (AvgIpc) is 3.12. The zero-order valence-corrected chi connectivity index (χ0v) is 11.9. The van der Waals surface area contributed by atoms with Crippen molar-refractivity contribution in [3.63, 3.8) is 0 Å². The van der Waals surface area contributed by atoms with Crippen LogP contribution in [0.3, 0.4) is 0 Å². The van der Waals surface area contributed by atoms with Crippen LogP contribution in [0.2, 0.25) is 0 Å². The summed E-state index contributed by atoms with van der Waals surface area (Å²) in [5.74, 6) is -1.04. The number of pyridine rings is 1. The molecule has 0 atom stereocenters. The Morgan fingerprint density at radius 3 is 2.70 bits per heavy atom. The highest BCUT2D eigenvalue weighted by Gasteiger charge is 2.35. The maximum Gasteiger partial charge on any atom is 0.449 e. The lowest BCUT2D eigenvalue weighted by Gasteiger charge is -2.03. The summed E-state index contributed by atoms with van der Waals surface area (Å²) in [6.45, 7) is 1.72. The highest BCUT2D eigenvalue weighted by atomic mass is 19.4. The monoisotopic (exact) mass is 317 g/mol. The number of alkyl halides is 3. The molecule has 0 bridgehead atoms. The Balaban J connectivity index is 1.90. The Morgan fingerprint density at radius 2 is 1.91 bits per heavy atom. The third kappa shape index (κ3) is 2.23. The van der Waals surface area contributed by atoms with E-state index in [9.17, 15) is 13.2 Å². The van der Waals surface area contributed by atoms with Crippen molar-refractivity contribution in [3.8, 4) is 11.3 Å². The summed E-state index contributed by atoms with van der Waals surface area (Å²) < 4.78 is 38.4. The summed E-state index contributed by atoms with van der Waals surface area (Å²) in [6.07, 6.45) is -2.84. The molecule has 1 aromatic carbocycles. The summed E-state index contributed by atoms with van der Waals surface area (Å²) in [6, 6.07) is 7.31. The van der Waals surface area contributed by atoms with Gasteiger partial charge in [-0.15, -0.1) is 0 Å². The van der Waals surface area contributed by atoms with Gasteiger partial charge < -0.3 is 4.98 Å². The minimum absolute atomic E-state index is 0.0552. The zero-order chi connectivity index (χ0) is 16.2. The van der Waals surface area contributed by atoms with Gasteiger partial charge in [-0.2, -0.15) is 18.3 Å². The highest BCUT2D eigenvalue weighted by Crippen LogP contribution is 2.30. The molecule has 8 heteroatoms. The molecule has 0 amide bonds. The quantitative estimate of drug-likeness (QED) is 0.560. The molecule has 0 aliphatic rings. The Labute approximate surface area is 127 Å². The molecule has 0 spiro atoms. The molecule has 0 radical (unpaired) electrons. The van der Waals surface area contributed by atoms with Crippen molar-refractivity contribution in [2.75, 3.05) is 0 Å². The van der Waals surface area contributed by atoms with E-state index in [4.69, 9.17) is 0 Å². The number of hydrogen-bond acceptors (Lipinski definition) is 3. The molecule has 4 rings (SSSR count). The smallest absolute Gasteiger partial charge is 0.333 e. The number of hydrogen-bond donors (Lipinski definition) is 2. The summed E-state index contributed by atoms with van der Waals surface area (Å²) in [4.78, 5) is 10.1. The molecule has 3 heterocycles. The number of nitrogens with one attached hydrogen (secondary N) is 2. The number of aromatic amines is 2. The predicted octanol–water partition coefficient (Wildman–Crippen LogP) is 3.83. The van der Waals surface area contributed by atoms with E-state index in [1.54, 1.807) is 19.2 Å². The van der Waals surface area contributed by atoms with Crippen LogP contribution in [0.25, 0.3) is 33.3 Å². The predicted molar refractivity (Wildman–Crippen MR) is 78.7 cm³/mol. The Morgan fingerprint density at radius 1 is 1.09 bits per heavy atom. The molecular formula is C15H10F3N5. The molecule has 0 saturated heterocycles. The Bertz CT molecular complexity index is 1030. The zero-order valence-electron chi connectivity index (χ0n) is 11.9. The van der Waals surface area contributed by atoms with Crippen LogP contribution in [0.15, 0.2) is 30.5 Å². The van der Waals surface area contributed by atoms with Gasteiger partial charge in [0.2, 0.25) is 5.82 Å². The first-order valence-electron chi connectivity index (χ1n) is 6.80. The first-order valence-corrected chi connectivity index (χ1v) is 6.80. The first kappa shape index (κ1) is 13.7. The molecule has 3 aromatic heterocycles. The van der Waals surface area contributed by atoms with E-state index in [1.165, 1.54) is 0 Å². The SMILES string of the molecule is Cc1cc(-c2ccc3[nH]ncc3c2)nc2nc(C(F)(F)F)[nH]c12. The number of halogens is 3. The molecule has 0 aliphatic heterocycles. The molecule has 23 heavy (non-hydrogen) atoms. The van der Waals surface area contributed by atoms with Crippen molar-refractivity contribution in [2.24, 2.45) is 0 Å². The van der Waals surface area contributed by atoms with Gasteiger partial charge in [-0.05, 0) is 30.7 Å². The van der Waals surface area contributed by atoms with Crippen LogP contribution in [0, 0.1) is 6.92 Å². The number of aromatic nitrogens is 5. The van der Waals surface area contributed by atoms with Crippen LogP contribution >= 0.6 is 0 Å².